The second kappa shape index (κ2) is 10.3. The summed E-state index contributed by atoms with van der Waals surface area (Å²) in [4.78, 5) is 44.2. The van der Waals surface area contributed by atoms with Crippen LogP contribution in [0.15, 0.2) is 54.2 Å². The predicted molar refractivity (Wildman–Crippen MR) is 148 cm³/mol. The van der Waals surface area contributed by atoms with Crippen molar-refractivity contribution in [2.75, 3.05) is 0 Å². The Morgan fingerprint density at radius 2 is 1.74 bits per heavy atom. The number of hydrogen-bond acceptors (Lipinski definition) is 6. The van der Waals surface area contributed by atoms with Crippen molar-refractivity contribution in [3.8, 4) is 5.75 Å². The maximum atomic E-state index is 13.9. The van der Waals surface area contributed by atoms with Gasteiger partial charge in [0.1, 0.15) is 17.4 Å². The van der Waals surface area contributed by atoms with Crippen molar-refractivity contribution < 1.29 is 24.2 Å². The van der Waals surface area contributed by atoms with Gasteiger partial charge in [0.05, 0.1) is 28.4 Å². The zero-order chi connectivity index (χ0) is 27.8. The summed E-state index contributed by atoms with van der Waals surface area (Å²) in [5, 5.41) is 13.1. The Bertz CT molecular complexity index is 1510. The molecule has 0 unspecified atom stereocenters. The molecule has 38 heavy (non-hydrogen) atoms. The molecule has 0 aliphatic heterocycles. The van der Waals surface area contributed by atoms with Crippen LogP contribution in [0.3, 0.4) is 0 Å². The fourth-order valence-corrected chi connectivity index (χ4v) is 4.79. The third-order valence-corrected chi connectivity index (χ3v) is 7.28. The number of carboxylic acids is 1. The Labute approximate surface area is 230 Å². The van der Waals surface area contributed by atoms with Gasteiger partial charge < -0.3 is 14.2 Å². The third-order valence-electron chi connectivity index (χ3n) is 6.28. The lowest BCUT2D eigenvalue weighted by molar-refractivity contribution is -0.146. The van der Waals surface area contributed by atoms with Crippen LogP contribution >= 0.6 is 22.9 Å². The first-order valence-electron chi connectivity index (χ1n) is 12.1. The van der Waals surface area contributed by atoms with Crippen molar-refractivity contribution in [3.63, 3.8) is 0 Å². The highest BCUT2D eigenvalue weighted by atomic mass is 35.5. The van der Waals surface area contributed by atoms with E-state index >= 15 is 0 Å². The molecule has 0 fully saturated rings. The number of ketones is 2. The van der Waals surface area contributed by atoms with Gasteiger partial charge in [0.15, 0.2) is 11.6 Å². The summed E-state index contributed by atoms with van der Waals surface area (Å²) < 4.78 is 7.62. The Morgan fingerprint density at radius 1 is 1.05 bits per heavy atom. The number of aromatic nitrogens is 2. The van der Waals surface area contributed by atoms with Crippen molar-refractivity contribution in [2.45, 2.75) is 47.6 Å². The van der Waals surface area contributed by atoms with Gasteiger partial charge in [0.2, 0.25) is 0 Å². The largest absolute Gasteiger partial charge is 0.485 e. The van der Waals surface area contributed by atoms with Crippen LogP contribution in [0.4, 0.5) is 0 Å². The number of thiazole rings is 1. The summed E-state index contributed by atoms with van der Waals surface area (Å²) in [5.41, 5.74) is -0.189. The van der Waals surface area contributed by atoms with E-state index in [4.69, 9.17) is 16.3 Å². The van der Waals surface area contributed by atoms with E-state index < -0.39 is 16.8 Å². The van der Waals surface area contributed by atoms with Crippen LogP contribution in [-0.2, 0) is 17.8 Å². The quantitative estimate of drug-likeness (QED) is 0.231. The van der Waals surface area contributed by atoms with E-state index in [-0.39, 0.29) is 30.3 Å². The molecule has 4 aromatic rings. The summed E-state index contributed by atoms with van der Waals surface area (Å²) in [6.07, 6.45) is 3.35. The first-order valence-corrected chi connectivity index (χ1v) is 13.3. The monoisotopic (exact) mass is 552 g/mol. The number of carbonyl (C=O) groups excluding carboxylic acids is 2. The molecule has 0 spiro atoms. The first-order chi connectivity index (χ1) is 17.8. The summed E-state index contributed by atoms with van der Waals surface area (Å²) >= 11 is 7.52. The van der Waals surface area contributed by atoms with Crippen molar-refractivity contribution >= 4 is 46.0 Å². The van der Waals surface area contributed by atoms with Crippen LogP contribution in [0, 0.1) is 10.8 Å². The molecule has 0 saturated carbocycles. The molecule has 198 valence electrons. The van der Waals surface area contributed by atoms with Gasteiger partial charge >= 0.3 is 5.97 Å². The molecular weight excluding hydrogens is 524 g/mol. The summed E-state index contributed by atoms with van der Waals surface area (Å²) in [6, 6.07) is 9.96. The van der Waals surface area contributed by atoms with Gasteiger partial charge in [0, 0.05) is 27.6 Å². The zero-order valence-electron chi connectivity index (χ0n) is 21.9. The van der Waals surface area contributed by atoms with E-state index in [1.165, 1.54) is 11.3 Å². The number of nitrogens with zero attached hydrogens (tertiary/aromatic N) is 2. The highest BCUT2D eigenvalue weighted by Crippen LogP contribution is 2.37. The van der Waals surface area contributed by atoms with Crippen LogP contribution in [-0.4, -0.2) is 32.0 Å². The predicted octanol–water partition coefficient (Wildman–Crippen LogP) is 6.74. The normalized spacial score (nSPS) is 12.1. The minimum absolute atomic E-state index is 0.0227. The van der Waals surface area contributed by atoms with Crippen molar-refractivity contribution in [2.24, 2.45) is 10.8 Å². The fraction of sp³-hybridized carbons (Fsp3) is 0.310. The molecule has 0 radical (unpaired) electrons. The van der Waals surface area contributed by atoms with Gasteiger partial charge in [-0.15, -0.1) is 11.3 Å². The smallest absolute Gasteiger partial charge is 0.309 e. The van der Waals surface area contributed by atoms with Gasteiger partial charge in [-0.1, -0.05) is 32.4 Å². The number of rotatable bonds is 9. The second-order valence-corrected chi connectivity index (χ2v) is 12.2. The number of aliphatic carboxylic acids is 1. The lowest BCUT2D eigenvalue weighted by Gasteiger charge is -2.22. The molecule has 0 aliphatic carbocycles. The van der Waals surface area contributed by atoms with Crippen LogP contribution < -0.4 is 4.74 Å². The van der Waals surface area contributed by atoms with Crippen molar-refractivity contribution in [3.05, 3.63) is 86.6 Å². The highest BCUT2D eigenvalue weighted by Gasteiger charge is 2.37. The lowest BCUT2D eigenvalue weighted by Crippen LogP contribution is -2.29. The molecule has 0 saturated heterocycles. The Kier molecular flexibility index (Phi) is 7.50. The average Bonchev–Trinajstić information content (AvgIpc) is 3.47. The molecular formula is C29H29ClN2O5S. The van der Waals surface area contributed by atoms with Crippen molar-refractivity contribution in [1.82, 2.24) is 9.38 Å². The number of hydrogen-bond donors (Lipinski definition) is 1. The molecule has 1 N–H and O–H groups in total. The first kappa shape index (κ1) is 27.5. The van der Waals surface area contributed by atoms with Crippen LogP contribution in [0.2, 0.25) is 5.02 Å². The van der Waals surface area contributed by atoms with E-state index in [0.717, 1.165) is 5.01 Å². The molecule has 0 atom stereocenters. The Balaban J connectivity index is 1.98. The van der Waals surface area contributed by atoms with Crippen LogP contribution in [0.5, 0.6) is 5.75 Å². The maximum Gasteiger partial charge on any atom is 0.309 e. The molecule has 3 aromatic heterocycles. The maximum absolute atomic E-state index is 13.9. The molecule has 1 aromatic carbocycles. The number of halogens is 1. The molecule has 0 amide bonds. The standard InChI is InChI=1S/C29H29ClN2O5S/c1-28(2,3)26(34)24-20(14-29(4,5)27(35)36)23(25(33)17-6-8-18(30)9-7-17)21-11-10-19(15-32(21)24)37-16-22-31-12-13-38-22/h6-13,15H,14,16H2,1-5H3,(H,35,36). The molecule has 3 heterocycles. The van der Waals surface area contributed by atoms with Crippen LogP contribution in [0.1, 0.15) is 71.6 Å². The number of benzene rings is 1. The van der Waals surface area contributed by atoms with Gasteiger partial charge in [-0.3, -0.25) is 14.4 Å². The molecule has 7 nitrogen and oxygen atoms in total. The highest BCUT2D eigenvalue weighted by molar-refractivity contribution is 7.09. The summed E-state index contributed by atoms with van der Waals surface area (Å²) in [5.74, 6) is -1.07. The second-order valence-electron chi connectivity index (χ2n) is 10.8. The number of carboxylic acid groups (broad SMARTS) is 1. The van der Waals surface area contributed by atoms with Gasteiger partial charge in [-0.2, -0.15) is 0 Å². The molecule has 0 aliphatic rings. The zero-order valence-corrected chi connectivity index (χ0v) is 23.4. The van der Waals surface area contributed by atoms with E-state index in [0.29, 0.717) is 33.0 Å². The number of ether oxygens (including phenoxy) is 1. The molecule has 4 rings (SSSR count). The molecule has 9 heteroatoms. The van der Waals surface area contributed by atoms with E-state index in [1.54, 1.807) is 87.8 Å². The summed E-state index contributed by atoms with van der Waals surface area (Å²) in [6.45, 7) is 8.81. The van der Waals surface area contributed by atoms with Gasteiger partial charge in [0.25, 0.3) is 0 Å². The Hall–Kier alpha value is -3.49. The average molecular weight is 553 g/mol. The molecule has 0 bridgehead atoms. The number of pyridine rings is 1. The minimum atomic E-state index is -1.24. The van der Waals surface area contributed by atoms with E-state index in [1.807, 2.05) is 5.38 Å². The van der Waals surface area contributed by atoms with Gasteiger partial charge in [-0.05, 0) is 62.2 Å². The lowest BCUT2D eigenvalue weighted by atomic mass is 9.80. The number of carbonyl (C=O) groups is 3. The third kappa shape index (κ3) is 5.51. The summed E-state index contributed by atoms with van der Waals surface area (Å²) in [7, 11) is 0. The van der Waals surface area contributed by atoms with Crippen LogP contribution in [0.25, 0.3) is 5.52 Å². The Morgan fingerprint density at radius 3 is 2.32 bits per heavy atom. The topological polar surface area (TPSA) is 98.0 Å². The van der Waals surface area contributed by atoms with E-state index in [2.05, 4.69) is 4.98 Å². The van der Waals surface area contributed by atoms with Crippen molar-refractivity contribution in [1.29, 1.82) is 0 Å². The fourth-order valence-electron chi connectivity index (χ4n) is 4.13. The minimum Gasteiger partial charge on any atom is -0.485 e. The number of fused-ring (bicyclic) bond motifs is 1. The SMILES string of the molecule is CC(C)(C)C(=O)c1c(CC(C)(C)C(=O)O)c(C(=O)c2ccc(Cl)cc2)c2ccc(OCc3nccs3)cn12. The van der Waals surface area contributed by atoms with E-state index in [9.17, 15) is 19.5 Å². The van der Waals surface area contributed by atoms with Gasteiger partial charge in [-0.25, -0.2) is 4.98 Å². The number of Topliss-reactive ketones (excluding diaryl/α,β-unsaturated/α-hetero) is 1.